The predicted octanol–water partition coefficient (Wildman–Crippen LogP) is 3.73. The molecule has 0 saturated carbocycles. The predicted molar refractivity (Wildman–Crippen MR) is 126 cm³/mol. The van der Waals surface area contributed by atoms with E-state index in [1.165, 1.54) is 5.56 Å². The Morgan fingerprint density at radius 1 is 1.14 bits per heavy atom. The number of aryl methyl sites for hydroxylation is 1. The number of aliphatic imine (C=N–C) groups is 1. The van der Waals surface area contributed by atoms with Gasteiger partial charge in [-0.15, -0.1) is 24.0 Å². The average Bonchev–Trinajstić information content (AvgIpc) is 2.64. The van der Waals surface area contributed by atoms with Crippen LogP contribution in [0.3, 0.4) is 0 Å². The molecule has 0 spiro atoms. The third kappa shape index (κ3) is 6.85. The first-order chi connectivity index (χ1) is 12.9. The van der Waals surface area contributed by atoms with E-state index >= 15 is 0 Å². The molecule has 0 aliphatic carbocycles. The van der Waals surface area contributed by atoms with Crippen LogP contribution in [-0.4, -0.2) is 40.8 Å². The van der Waals surface area contributed by atoms with E-state index in [1.807, 2.05) is 32.3 Å². The van der Waals surface area contributed by atoms with Crippen LogP contribution in [0.5, 0.6) is 5.75 Å². The minimum atomic E-state index is -0.228. The van der Waals surface area contributed by atoms with Crippen molar-refractivity contribution in [3.05, 3.63) is 58.9 Å². The van der Waals surface area contributed by atoms with Crippen LogP contribution in [0.4, 0.5) is 10.1 Å². The van der Waals surface area contributed by atoms with Gasteiger partial charge in [-0.1, -0.05) is 23.8 Å². The van der Waals surface area contributed by atoms with Gasteiger partial charge < -0.3 is 20.3 Å². The average molecular weight is 500 g/mol. The van der Waals surface area contributed by atoms with Crippen molar-refractivity contribution in [2.45, 2.75) is 19.9 Å². The van der Waals surface area contributed by atoms with Crippen LogP contribution in [0.1, 0.15) is 16.7 Å². The number of rotatable bonds is 7. The maximum Gasteiger partial charge on any atom is 0.191 e. The SMILES string of the molecule is CN=C(NCCc1cc(C)ccc1OC)NCc1ccc(N(C)C)c(F)c1.I. The van der Waals surface area contributed by atoms with Crippen LogP contribution < -0.4 is 20.3 Å². The van der Waals surface area contributed by atoms with Gasteiger partial charge in [-0.05, 0) is 42.7 Å². The van der Waals surface area contributed by atoms with Gasteiger partial charge in [0.2, 0.25) is 0 Å². The minimum Gasteiger partial charge on any atom is -0.496 e. The van der Waals surface area contributed by atoms with Crippen molar-refractivity contribution in [2.75, 3.05) is 39.7 Å². The van der Waals surface area contributed by atoms with Crippen molar-refractivity contribution in [3.8, 4) is 5.75 Å². The molecule has 0 amide bonds. The van der Waals surface area contributed by atoms with Crippen LogP contribution in [0.15, 0.2) is 41.4 Å². The summed E-state index contributed by atoms with van der Waals surface area (Å²) in [4.78, 5) is 5.98. The van der Waals surface area contributed by atoms with E-state index < -0.39 is 0 Å². The summed E-state index contributed by atoms with van der Waals surface area (Å²) in [5, 5.41) is 6.50. The van der Waals surface area contributed by atoms with Crippen molar-refractivity contribution in [3.63, 3.8) is 0 Å². The number of halogens is 2. The Kier molecular flexibility index (Phi) is 10.1. The summed E-state index contributed by atoms with van der Waals surface area (Å²) in [5.74, 6) is 1.34. The summed E-state index contributed by atoms with van der Waals surface area (Å²) in [5.41, 5.74) is 3.80. The van der Waals surface area contributed by atoms with Crippen molar-refractivity contribution < 1.29 is 9.13 Å². The van der Waals surface area contributed by atoms with E-state index in [2.05, 4.69) is 28.6 Å². The summed E-state index contributed by atoms with van der Waals surface area (Å²) >= 11 is 0. The van der Waals surface area contributed by atoms with E-state index in [1.54, 1.807) is 31.2 Å². The lowest BCUT2D eigenvalue weighted by Crippen LogP contribution is -2.37. The molecule has 0 atom stereocenters. The highest BCUT2D eigenvalue weighted by molar-refractivity contribution is 14.0. The van der Waals surface area contributed by atoms with Gasteiger partial charge in [-0.25, -0.2) is 4.39 Å². The van der Waals surface area contributed by atoms with Gasteiger partial charge in [0, 0.05) is 34.2 Å². The lowest BCUT2D eigenvalue weighted by atomic mass is 10.1. The van der Waals surface area contributed by atoms with Gasteiger partial charge in [0.1, 0.15) is 11.6 Å². The largest absolute Gasteiger partial charge is 0.496 e. The number of anilines is 1. The van der Waals surface area contributed by atoms with Gasteiger partial charge in [-0.2, -0.15) is 0 Å². The Morgan fingerprint density at radius 3 is 2.50 bits per heavy atom. The molecule has 0 unspecified atom stereocenters. The summed E-state index contributed by atoms with van der Waals surface area (Å²) in [7, 11) is 7.05. The fourth-order valence-electron chi connectivity index (χ4n) is 2.85. The number of nitrogens with zero attached hydrogens (tertiary/aromatic N) is 2. The smallest absolute Gasteiger partial charge is 0.191 e. The van der Waals surface area contributed by atoms with Crippen molar-refractivity contribution in [1.29, 1.82) is 0 Å². The highest BCUT2D eigenvalue weighted by Gasteiger charge is 2.07. The second-order valence-electron chi connectivity index (χ2n) is 6.60. The first kappa shape index (κ1) is 24.0. The molecule has 0 heterocycles. The first-order valence-corrected chi connectivity index (χ1v) is 8.98. The molecule has 0 aliphatic rings. The fourth-order valence-corrected chi connectivity index (χ4v) is 2.85. The molecule has 0 fully saturated rings. The third-order valence-corrected chi connectivity index (χ3v) is 4.30. The van der Waals surface area contributed by atoms with E-state index in [0.29, 0.717) is 24.7 Å². The Hall–Kier alpha value is -2.03. The Morgan fingerprint density at radius 2 is 1.89 bits per heavy atom. The Balaban J connectivity index is 0.00000392. The van der Waals surface area contributed by atoms with E-state index in [0.717, 1.165) is 23.3 Å². The number of hydrogen-bond acceptors (Lipinski definition) is 3. The van der Waals surface area contributed by atoms with Crippen molar-refractivity contribution >= 4 is 35.6 Å². The number of guanidine groups is 1. The molecule has 28 heavy (non-hydrogen) atoms. The molecule has 154 valence electrons. The normalized spacial score (nSPS) is 10.9. The monoisotopic (exact) mass is 500 g/mol. The van der Waals surface area contributed by atoms with Crippen molar-refractivity contribution in [2.24, 2.45) is 4.99 Å². The van der Waals surface area contributed by atoms with Gasteiger partial charge in [-0.3, -0.25) is 4.99 Å². The van der Waals surface area contributed by atoms with Gasteiger partial charge >= 0.3 is 0 Å². The molecule has 0 aromatic heterocycles. The van der Waals surface area contributed by atoms with Crippen LogP contribution >= 0.6 is 24.0 Å². The number of hydrogen-bond donors (Lipinski definition) is 2. The molecule has 0 aliphatic heterocycles. The van der Waals surface area contributed by atoms with Gasteiger partial charge in [0.05, 0.1) is 12.8 Å². The molecular formula is C21H30FIN4O. The summed E-state index contributed by atoms with van der Waals surface area (Å²) in [6.07, 6.45) is 0.817. The van der Waals surface area contributed by atoms with E-state index in [4.69, 9.17) is 4.74 Å². The van der Waals surface area contributed by atoms with Crippen molar-refractivity contribution in [1.82, 2.24) is 10.6 Å². The maximum atomic E-state index is 14.1. The lowest BCUT2D eigenvalue weighted by Gasteiger charge is -2.16. The van der Waals surface area contributed by atoms with Crippen LogP contribution in [0.2, 0.25) is 0 Å². The molecule has 0 bridgehead atoms. The summed E-state index contributed by atoms with van der Waals surface area (Å²) in [6, 6.07) is 11.4. The minimum absolute atomic E-state index is 0. The Bertz CT molecular complexity index is 796. The van der Waals surface area contributed by atoms with E-state index in [-0.39, 0.29) is 29.8 Å². The quantitative estimate of drug-likeness (QED) is 0.346. The van der Waals surface area contributed by atoms with Crippen LogP contribution in [-0.2, 0) is 13.0 Å². The Labute approximate surface area is 184 Å². The standard InChI is InChI=1S/C21H29FN4O.HI/c1-15-6-9-20(27-5)17(12-15)10-11-24-21(23-2)25-14-16-7-8-19(26(3)4)18(22)13-16;/h6-9,12-13H,10-11,14H2,1-5H3,(H2,23,24,25);1H. The van der Waals surface area contributed by atoms with Gasteiger partial charge in [0.25, 0.3) is 0 Å². The molecule has 0 saturated heterocycles. The third-order valence-electron chi connectivity index (χ3n) is 4.30. The first-order valence-electron chi connectivity index (χ1n) is 8.98. The molecule has 2 aromatic rings. The highest BCUT2D eigenvalue weighted by Crippen LogP contribution is 2.20. The van der Waals surface area contributed by atoms with E-state index in [9.17, 15) is 4.39 Å². The topological polar surface area (TPSA) is 48.9 Å². The summed E-state index contributed by atoms with van der Waals surface area (Å²) in [6.45, 7) is 3.28. The van der Waals surface area contributed by atoms with Crippen LogP contribution in [0.25, 0.3) is 0 Å². The van der Waals surface area contributed by atoms with Gasteiger partial charge in [0.15, 0.2) is 5.96 Å². The fraction of sp³-hybridized carbons (Fsp3) is 0.381. The molecular weight excluding hydrogens is 470 g/mol. The maximum absolute atomic E-state index is 14.1. The molecule has 2 aromatic carbocycles. The molecule has 5 nitrogen and oxygen atoms in total. The zero-order chi connectivity index (χ0) is 19.8. The zero-order valence-electron chi connectivity index (χ0n) is 17.2. The molecule has 2 N–H and O–H groups in total. The number of ether oxygens (including phenoxy) is 1. The summed E-state index contributed by atoms with van der Waals surface area (Å²) < 4.78 is 19.5. The highest BCUT2D eigenvalue weighted by atomic mass is 127. The number of methoxy groups -OCH3 is 1. The number of nitrogens with one attached hydrogen (secondary N) is 2. The second-order valence-corrected chi connectivity index (χ2v) is 6.60. The molecule has 7 heteroatoms. The molecule has 2 rings (SSSR count). The van der Waals surface area contributed by atoms with Crippen LogP contribution in [0, 0.1) is 12.7 Å². The number of benzene rings is 2. The molecule has 0 radical (unpaired) electrons. The lowest BCUT2D eigenvalue weighted by molar-refractivity contribution is 0.409. The second kappa shape index (κ2) is 11.7. The zero-order valence-corrected chi connectivity index (χ0v) is 19.5.